The van der Waals surface area contributed by atoms with Crippen molar-refractivity contribution < 1.29 is 13.5 Å². The normalized spacial score (nSPS) is 10.4. The second kappa shape index (κ2) is 5.35. The minimum Gasteiger partial charge on any atom is -0.488 e. The first kappa shape index (κ1) is 12.8. The van der Waals surface area contributed by atoms with Crippen molar-refractivity contribution in [1.82, 2.24) is 0 Å². The van der Waals surface area contributed by atoms with Crippen LogP contribution in [0.3, 0.4) is 0 Å². The van der Waals surface area contributed by atoms with Gasteiger partial charge in [-0.2, -0.15) is 0 Å². The quantitative estimate of drug-likeness (QED) is 0.873. The molecule has 0 aliphatic rings. The molecule has 2 aromatic rings. The van der Waals surface area contributed by atoms with Crippen molar-refractivity contribution in [2.24, 2.45) is 0 Å². The van der Waals surface area contributed by atoms with Crippen LogP contribution in [0.4, 0.5) is 14.5 Å². The van der Waals surface area contributed by atoms with E-state index in [1.54, 1.807) is 6.07 Å². The molecule has 0 aliphatic carbocycles. The standard InChI is InChI=1S/C13H10BrF2NO/c14-10-6-8(15)4-5-13(10)18-7-9-11(16)2-1-3-12(9)17/h1-6H,7,17H2. The van der Waals surface area contributed by atoms with Gasteiger partial charge < -0.3 is 10.5 Å². The van der Waals surface area contributed by atoms with Crippen LogP contribution >= 0.6 is 15.9 Å². The van der Waals surface area contributed by atoms with Crippen molar-refractivity contribution in [2.45, 2.75) is 6.61 Å². The van der Waals surface area contributed by atoms with E-state index in [4.69, 9.17) is 10.5 Å². The van der Waals surface area contributed by atoms with E-state index in [-0.39, 0.29) is 18.0 Å². The number of nitrogen functional groups attached to an aromatic ring is 1. The SMILES string of the molecule is Nc1cccc(F)c1COc1ccc(F)cc1Br. The zero-order chi connectivity index (χ0) is 13.1. The van der Waals surface area contributed by atoms with Crippen LogP contribution in [-0.2, 0) is 6.61 Å². The second-order valence-electron chi connectivity index (χ2n) is 3.67. The van der Waals surface area contributed by atoms with Crippen LogP contribution in [0.15, 0.2) is 40.9 Å². The van der Waals surface area contributed by atoms with Crippen molar-refractivity contribution in [3.05, 3.63) is 58.1 Å². The van der Waals surface area contributed by atoms with Gasteiger partial charge in [0, 0.05) is 11.3 Å². The highest BCUT2D eigenvalue weighted by Gasteiger charge is 2.08. The van der Waals surface area contributed by atoms with Crippen molar-refractivity contribution in [1.29, 1.82) is 0 Å². The maximum absolute atomic E-state index is 13.5. The largest absolute Gasteiger partial charge is 0.488 e. The van der Waals surface area contributed by atoms with E-state index in [9.17, 15) is 8.78 Å². The fourth-order valence-electron chi connectivity index (χ4n) is 1.47. The van der Waals surface area contributed by atoms with Crippen molar-refractivity contribution >= 4 is 21.6 Å². The Labute approximate surface area is 112 Å². The second-order valence-corrected chi connectivity index (χ2v) is 4.53. The molecule has 2 N–H and O–H groups in total. The van der Waals surface area contributed by atoms with E-state index >= 15 is 0 Å². The van der Waals surface area contributed by atoms with Gasteiger partial charge in [0.25, 0.3) is 0 Å². The van der Waals surface area contributed by atoms with Gasteiger partial charge in [0.1, 0.15) is 24.0 Å². The highest BCUT2D eigenvalue weighted by atomic mass is 79.9. The summed E-state index contributed by atoms with van der Waals surface area (Å²) in [6.07, 6.45) is 0. The first-order valence-electron chi connectivity index (χ1n) is 5.18. The lowest BCUT2D eigenvalue weighted by Crippen LogP contribution is -2.03. The molecule has 0 saturated heterocycles. The summed E-state index contributed by atoms with van der Waals surface area (Å²) >= 11 is 3.17. The Morgan fingerprint density at radius 2 is 1.94 bits per heavy atom. The maximum Gasteiger partial charge on any atom is 0.134 e. The molecule has 2 rings (SSSR count). The molecule has 0 aliphatic heterocycles. The van der Waals surface area contributed by atoms with Crippen LogP contribution in [-0.4, -0.2) is 0 Å². The van der Waals surface area contributed by atoms with Gasteiger partial charge in [-0.25, -0.2) is 8.78 Å². The van der Waals surface area contributed by atoms with E-state index in [0.717, 1.165) is 0 Å². The molecule has 0 fully saturated rings. The molecule has 0 heterocycles. The third kappa shape index (κ3) is 2.79. The van der Waals surface area contributed by atoms with Gasteiger partial charge in [-0.05, 0) is 46.3 Å². The van der Waals surface area contributed by atoms with Crippen LogP contribution < -0.4 is 10.5 Å². The van der Waals surface area contributed by atoms with Gasteiger partial charge in [-0.15, -0.1) is 0 Å². The Kier molecular flexibility index (Phi) is 3.81. The summed E-state index contributed by atoms with van der Waals surface area (Å²) in [5.74, 6) is -0.369. The summed E-state index contributed by atoms with van der Waals surface area (Å²) in [7, 11) is 0. The summed E-state index contributed by atoms with van der Waals surface area (Å²) in [6.45, 7) is -0.0112. The minimum absolute atomic E-state index is 0.0112. The average molecular weight is 314 g/mol. The van der Waals surface area contributed by atoms with Gasteiger partial charge in [0.2, 0.25) is 0 Å². The molecule has 0 amide bonds. The highest BCUT2D eigenvalue weighted by molar-refractivity contribution is 9.10. The number of anilines is 1. The number of hydrogen-bond donors (Lipinski definition) is 1. The Balaban J connectivity index is 2.16. The predicted molar refractivity (Wildman–Crippen MR) is 69.2 cm³/mol. The van der Waals surface area contributed by atoms with Gasteiger partial charge in [0.05, 0.1) is 4.47 Å². The molecule has 0 bridgehead atoms. The molecule has 0 spiro atoms. The third-order valence-electron chi connectivity index (χ3n) is 2.42. The van der Waals surface area contributed by atoms with E-state index in [1.165, 1.54) is 30.3 Å². The maximum atomic E-state index is 13.5. The summed E-state index contributed by atoms with van der Waals surface area (Å²) in [5, 5.41) is 0. The number of rotatable bonds is 3. The molecule has 0 unspecified atom stereocenters. The minimum atomic E-state index is -0.423. The van der Waals surface area contributed by atoms with Crippen LogP contribution in [0.5, 0.6) is 5.75 Å². The van der Waals surface area contributed by atoms with Crippen molar-refractivity contribution in [2.75, 3.05) is 5.73 Å². The van der Waals surface area contributed by atoms with Gasteiger partial charge in [-0.1, -0.05) is 6.07 Å². The molecule has 0 aromatic heterocycles. The molecule has 0 atom stereocenters. The average Bonchev–Trinajstić information content (AvgIpc) is 2.31. The first-order chi connectivity index (χ1) is 8.58. The molecule has 18 heavy (non-hydrogen) atoms. The fraction of sp³-hybridized carbons (Fsp3) is 0.0769. The number of halogens is 3. The lowest BCUT2D eigenvalue weighted by Gasteiger charge is -2.10. The number of nitrogens with two attached hydrogens (primary N) is 1. The zero-order valence-corrected chi connectivity index (χ0v) is 10.9. The molecule has 0 saturated carbocycles. The van der Waals surface area contributed by atoms with Crippen molar-refractivity contribution in [3.63, 3.8) is 0 Å². The van der Waals surface area contributed by atoms with Crippen molar-refractivity contribution in [3.8, 4) is 5.75 Å². The first-order valence-corrected chi connectivity index (χ1v) is 5.98. The van der Waals surface area contributed by atoms with Crippen LogP contribution in [0.1, 0.15) is 5.56 Å². The number of hydrogen-bond acceptors (Lipinski definition) is 2. The summed E-state index contributed by atoms with van der Waals surface area (Å²) in [4.78, 5) is 0. The molecule has 0 radical (unpaired) electrons. The Hall–Kier alpha value is -1.62. The lowest BCUT2D eigenvalue weighted by molar-refractivity contribution is 0.298. The van der Waals surface area contributed by atoms with E-state index < -0.39 is 5.82 Å². The number of ether oxygens (including phenoxy) is 1. The summed E-state index contributed by atoms with van der Waals surface area (Å²) < 4.78 is 32.2. The monoisotopic (exact) mass is 313 g/mol. The molecular formula is C13H10BrF2NO. The zero-order valence-electron chi connectivity index (χ0n) is 9.29. The Morgan fingerprint density at radius 3 is 2.61 bits per heavy atom. The van der Waals surface area contributed by atoms with Crippen LogP contribution in [0, 0.1) is 11.6 Å². The fourth-order valence-corrected chi connectivity index (χ4v) is 1.94. The highest BCUT2D eigenvalue weighted by Crippen LogP contribution is 2.27. The Morgan fingerprint density at radius 1 is 1.17 bits per heavy atom. The van der Waals surface area contributed by atoms with E-state index in [0.29, 0.717) is 15.9 Å². The van der Waals surface area contributed by atoms with E-state index in [1.807, 2.05) is 0 Å². The van der Waals surface area contributed by atoms with Gasteiger partial charge >= 0.3 is 0 Å². The molecule has 5 heteroatoms. The summed E-state index contributed by atoms with van der Waals surface area (Å²) in [6, 6.07) is 8.46. The lowest BCUT2D eigenvalue weighted by atomic mass is 10.2. The molecule has 2 nitrogen and oxygen atoms in total. The van der Waals surface area contributed by atoms with E-state index in [2.05, 4.69) is 15.9 Å². The third-order valence-corrected chi connectivity index (χ3v) is 3.04. The topological polar surface area (TPSA) is 35.2 Å². The van der Waals surface area contributed by atoms with Crippen LogP contribution in [0.25, 0.3) is 0 Å². The van der Waals surface area contributed by atoms with Gasteiger partial charge in [0.15, 0.2) is 0 Å². The molecule has 2 aromatic carbocycles. The Bertz CT molecular complexity index is 555. The number of benzene rings is 2. The molecular weight excluding hydrogens is 304 g/mol. The molecule has 94 valence electrons. The smallest absolute Gasteiger partial charge is 0.134 e. The summed E-state index contributed by atoms with van der Waals surface area (Å²) in [5.41, 5.74) is 6.27. The van der Waals surface area contributed by atoms with Crippen LogP contribution in [0.2, 0.25) is 0 Å². The predicted octanol–water partition coefficient (Wildman–Crippen LogP) is 3.89. The van der Waals surface area contributed by atoms with Gasteiger partial charge in [-0.3, -0.25) is 0 Å².